The molecule has 42 heavy (non-hydrogen) atoms. The molecule has 2 saturated heterocycles. The summed E-state index contributed by atoms with van der Waals surface area (Å²) < 4.78 is 5.61. The lowest BCUT2D eigenvalue weighted by Gasteiger charge is -2.32. The van der Waals surface area contributed by atoms with Gasteiger partial charge in [-0.25, -0.2) is 0 Å². The zero-order valence-electron chi connectivity index (χ0n) is 26.8. The van der Waals surface area contributed by atoms with Crippen molar-refractivity contribution >= 4 is 11.9 Å². The minimum Gasteiger partial charge on any atom is -0.460 e. The first-order valence-electron chi connectivity index (χ1n) is 15.8. The molecule has 2 aromatic carbocycles. The summed E-state index contributed by atoms with van der Waals surface area (Å²) in [4.78, 5) is 29.5. The Morgan fingerprint density at radius 2 is 1.38 bits per heavy atom. The van der Waals surface area contributed by atoms with Crippen LogP contribution in [-0.4, -0.2) is 52.5 Å². The third kappa shape index (κ3) is 5.77. The number of hydrogen-bond acceptors (Lipinski definition) is 5. The van der Waals surface area contributed by atoms with Gasteiger partial charge in [0.25, 0.3) is 0 Å². The molecule has 4 atom stereocenters. The van der Waals surface area contributed by atoms with Crippen LogP contribution >= 0.6 is 0 Å². The van der Waals surface area contributed by atoms with E-state index in [0.29, 0.717) is 24.4 Å². The summed E-state index contributed by atoms with van der Waals surface area (Å²) >= 11 is 0. The number of nitrogens with two attached hydrogens (primary N) is 1. The van der Waals surface area contributed by atoms with E-state index in [-0.39, 0.29) is 34.3 Å². The highest BCUT2D eigenvalue weighted by Gasteiger charge is 2.67. The quantitative estimate of drug-likeness (QED) is 0.391. The van der Waals surface area contributed by atoms with Gasteiger partial charge in [-0.05, 0) is 89.2 Å². The molecule has 2 aliphatic carbocycles. The van der Waals surface area contributed by atoms with Crippen molar-refractivity contribution in [3.63, 3.8) is 0 Å². The number of likely N-dealkylation sites (tertiary alicyclic amines) is 2. The standard InChI is InChI=1S/C21H31NO2.C15H20N2O/c1-16(17-9-7-6-8-10-17)22-14-20(5,21(15-22)11-12-21)13-18(23)24-19(2,3)4;1-11(12-6-4-3-5-7-12)17-10-14(2,16)15(8-9-15)13(17)18/h6-10,16H,11-15H2,1-5H3;3-7,11H,8-10,16H2,1-2H3/t16-,20-;11-,14-/m11/s1. The number of benzene rings is 2. The Balaban J connectivity index is 0.000000175. The average Bonchev–Trinajstić information content (AvgIpc) is 3.84. The second kappa shape index (κ2) is 10.8. The summed E-state index contributed by atoms with van der Waals surface area (Å²) in [7, 11) is 0. The Morgan fingerprint density at radius 1 is 0.857 bits per heavy atom. The first-order chi connectivity index (χ1) is 19.6. The molecule has 1 amide bonds. The van der Waals surface area contributed by atoms with Gasteiger partial charge >= 0.3 is 5.97 Å². The number of hydrogen-bond donors (Lipinski definition) is 1. The lowest BCUT2D eigenvalue weighted by atomic mass is 9.74. The van der Waals surface area contributed by atoms with Crippen LogP contribution in [0.4, 0.5) is 0 Å². The molecule has 2 N–H and O–H groups in total. The van der Waals surface area contributed by atoms with E-state index in [9.17, 15) is 9.59 Å². The third-order valence-electron chi connectivity index (χ3n) is 10.7. The Bertz CT molecular complexity index is 1280. The van der Waals surface area contributed by atoms with Crippen molar-refractivity contribution < 1.29 is 14.3 Å². The summed E-state index contributed by atoms with van der Waals surface area (Å²) in [6, 6.07) is 21.4. The second-order valence-electron chi connectivity index (χ2n) is 15.1. The predicted octanol–water partition coefficient (Wildman–Crippen LogP) is 6.67. The number of carbonyl (C=O) groups excluding carboxylic acids is 2. The van der Waals surface area contributed by atoms with Gasteiger partial charge in [-0.2, -0.15) is 0 Å². The molecule has 228 valence electrons. The molecular weight excluding hydrogens is 522 g/mol. The predicted molar refractivity (Wildman–Crippen MR) is 167 cm³/mol. The number of ether oxygens (including phenoxy) is 1. The summed E-state index contributed by atoms with van der Waals surface area (Å²) in [5.74, 6) is 0.203. The molecule has 0 aromatic heterocycles. The molecule has 2 aromatic rings. The van der Waals surface area contributed by atoms with Crippen LogP contribution in [0.3, 0.4) is 0 Å². The van der Waals surface area contributed by atoms with Gasteiger partial charge in [-0.1, -0.05) is 67.6 Å². The first-order valence-corrected chi connectivity index (χ1v) is 15.8. The highest BCUT2D eigenvalue weighted by Crippen LogP contribution is 2.65. The van der Waals surface area contributed by atoms with Crippen LogP contribution < -0.4 is 5.73 Å². The van der Waals surface area contributed by atoms with E-state index in [2.05, 4.69) is 68.1 Å². The van der Waals surface area contributed by atoms with Crippen LogP contribution in [0.2, 0.25) is 0 Å². The zero-order chi connectivity index (χ0) is 30.6. The average molecular weight is 574 g/mol. The van der Waals surface area contributed by atoms with Gasteiger partial charge in [0.2, 0.25) is 5.91 Å². The highest BCUT2D eigenvalue weighted by atomic mass is 16.6. The number of carbonyl (C=O) groups is 2. The van der Waals surface area contributed by atoms with Gasteiger partial charge in [0.15, 0.2) is 0 Å². The van der Waals surface area contributed by atoms with Crippen LogP contribution in [0.15, 0.2) is 60.7 Å². The molecule has 0 radical (unpaired) electrons. The lowest BCUT2D eigenvalue weighted by Crippen LogP contribution is -2.46. The Kier molecular flexibility index (Phi) is 7.89. The summed E-state index contributed by atoms with van der Waals surface area (Å²) in [5, 5.41) is 0. The van der Waals surface area contributed by atoms with E-state index in [1.165, 1.54) is 24.0 Å². The van der Waals surface area contributed by atoms with Crippen LogP contribution in [-0.2, 0) is 14.3 Å². The van der Waals surface area contributed by atoms with Crippen molar-refractivity contribution in [1.82, 2.24) is 9.80 Å². The van der Waals surface area contributed by atoms with E-state index in [1.54, 1.807) is 0 Å². The van der Waals surface area contributed by atoms with Crippen molar-refractivity contribution in [2.24, 2.45) is 22.0 Å². The van der Waals surface area contributed by atoms with E-state index in [4.69, 9.17) is 10.5 Å². The molecule has 2 saturated carbocycles. The van der Waals surface area contributed by atoms with Crippen LogP contribution in [0.1, 0.15) is 104 Å². The number of rotatable bonds is 6. The summed E-state index contributed by atoms with van der Waals surface area (Å²) in [6.45, 7) is 17.3. The molecule has 2 spiro atoms. The van der Waals surface area contributed by atoms with Gasteiger partial charge in [0.1, 0.15) is 5.60 Å². The van der Waals surface area contributed by atoms with E-state index < -0.39 is 5.60 Å². The Labute approximate surface area is 253 Å². The molecular formula is C36H51N3O3. The normalized spacial score (nSPS) is 28.8. The minimum atomic E-state index is -0.403. The third-order valence-corrected chi connectivity index (χ3v) is 10.7. The largest absolute Gasteiger partial charge is 0.460 e. The van der Waals surface area contributed by atoms with Crippen LogP contribution in [0, 0.1) is 16.2 Å². The second-order valence-corrected chi connectivity index (χ2v) is 15.1. The fourth-order valence-electron chi connectivity index (χ4n) is 7.55. The van der Waals surface area contributed by atoms with E-state index >= 15 is 0 Å². The van der Waals surface area contributed by atoms with Crippen molar-refractivity contribution in [1.29, 1.82) is 0 Å². The molecule has 0 bridgehead atoms. The maximum Gasteiger partial charge on any atom is 0.306 e. The molecule has 6 nitrogen and oxygen atoms in total. The molecule has 2 aliphatic heterocycles. The lowest BCUT2D eigenvalue weighted by molar-refractivity contribution is -0.158. The van der Waals surface area contributed by atoms with Gasteiger partial charge in [-0.15, -0.1) is 0 Å². The zero-order valence-corrected chi connectivity index (χ0v) is 26.8. The monoisotopic (exact) mass is 573 g/mol. The van der Waals surface area contributed by atoms with Crippen molar-refractivity contribution in [2.75, 3.05) is 19.6 Å². The SMILES string of the molecule is C[C@H](c1ccccc1)N1CC2(CC2)[C@](C)(CC(=O)OC(C)(C)C)C1.C[C@H](c1ccccc1)N1C[C@@](C)(N)C2(CC2)C1=O. The molecule has 6 heteroatoms. The maximum absolute atomic E-state index is 12.6. The topological polar surface area (TPSA) is 75.9 Å². The molecule has 2 heterocycles. The van der Waals surface area contributed by atoms with E-state index in [1.807, 2.05) is 50.8 Å². The van der Waals surface area contributed by atoms with Crippen molar-refractivity contribution in [3.8, 4) is 0 Å². The number of amides is 1. The highest BCUT2D eigenvalue weighted by molar-refractivity contribution is 5.90. The Hall–Kier alpha value is -2.70. The van der Waals surface area contributed by atoms with Gasteiger partial charge in [-0.3, -0.25) is 14.5 Å². The fourth-order valence-corrected chi connectivity index (χ4v) is 7.55. The van der Waals surface area contributed by atoms with Gasteiger partial charge in [0, 0.05) is 31.2 Å². The summed E-state index contributed by atoms with van der Waals surface area (Å²) in [5.41, 5.74) is 8.20. The molecule has 0 unspecified atom stereocenters. The van der Waals surface area contributed by atoms with Crippen LogP contribution in [0.25, 0.3) is 0 Å². The minimum absolute atomic E-state index is 0.0262. The summed E-state index contributed by atoms with van der Waals surface area (Å²) in [6.07, 6.45) is 4.92. The number of nitrogens with zero attached hydrogens (tertiary/aromatic N) is 2. The van der Waals surface area contributed by atoms with Crippen LogP contribution in [0.5, 0.6) is 0 Å². The fraction of sp³-hybridized carbons (Fsp3) is 0.611. The number of esters is 1. The van der Waals surface area contributed by atoms with Gasteiger partial charge < -0.3 is 15.4 Å². The molecule has 4 aliphatic rings. The Morgan fingerprint density at radius 3 is 1.83 bits per heavy atom. The molecule has 6 rings (SSSR count). The van der Waals surface area contributed by atoms with Crippen molar-refractivity contribution in [2.45, 2.75) is 104 Å². The first kappa shape index (κ1) is 30.7. The van der Waals surface area contributed by atoms with E-state index in [0.717, 1.165) is 25.9 Å². The smallest absolute Gasteiger partial charge is 0.306 e. The molecule has 4 fully saturated rings. The van der Waals surface area contributed by atoms with Crippen molar-refractivity contribution in [3.05, 3.63) is 71.8 Å². The van der Waals surface area contributed by atoms with Gasteiger partial charge in [0.05, 0.1) is 17.9 Å². The maximum atomic E-state index is 12.6.